The molecule has 5 heteroatoms. The third kappa shape index (κ3) is 2.45. The molecule has 1 unspecified atom stereocenters. The van der Waals surface area contributed by atoms with Crippen LogP contribution in [-0.4, -0.2) is 35.2 Å². The fourth-order valence-corrected chi connectivity index (χ4v) is 2.33. The topological polar surface area (TPSA) is 77.8 Å². The number of hydrogen-bond acceptors (Lipinski definition) is 3. The lowest BCUT2D eigenvalue weighted by Crippen LogP contribution is -2.39. The van der Waals surface area contributed by atoms with Gasteiger partial charge in [0.25, 0.3) is 0 Å². The largest absolute Gasteiger partial charge is 0.481 e. The minimum atomic E-state index is -0.983. The first kappa shape index (κ1) is 12.4. The molecule has 1 fully saturated rings. The van der Waals surface area contributed by atoms with Crippen molar-refractivity contribution in [2.24, 2.45) is 5.92 Å². The molecule has 1 aliphatic rings. The Kier molecular flexibility index (Phi) is 3.50. The first-order chi connectivity index (χ1) is 8.59. The third-order valence-electron chi connectivity index (χ3n) is 3.25. The highest BCUT2D eigenvalue weighted by Crippen LogP contribution is 2.26. The summed E-state index contributed by atoms with van der Waals surface area (Å²) in [5.41, 5.74) is 0.833. The van der Waals surface area contributed by atoms with Crippen LogP contribution < -0.4 is 4.90 Å². The minimum absolute atomic E-state index is 0.225. The van der Waals surface area contributed by atoms with E-state index in [0.29, 0.717) is 25.2 Å². The van der Waals surface area contributed by atoms with E-state index in [1.165, 1.54) is 0 Å². The highest BCUT2D eigenvalue weighted by atomic mass is 16.4. The number of piperidine rings is 1. The third-order valence-corrected chi connectivity index (χ3v) is 3.25. The van der Waals surface area contributed by atoms with E-state index in [1.807, 2.05) is 4.90 Å². The number of carboxylic acid groups (broad SMARTS) is 2. The summed E-state index contributed by atoms with van der Waals surface area (Å²) < 4.78 is 0. The molecule has 1 aromatic rings. The van der Waals surface area contributed by atoms with Crippen molar-refractivity contribution in [1.82, 2.24) is 0 Å². The molecular weight excluding hydrogens is 234 g/mol. The number of aromatic carboxylic acids is 1. The lowest BCUT2D eigenvalue weighted by atomic mass is 9.97. The lowest BCUT2D eigenvalue weighted by molar-refractivity contribution is -0.141. The molecule has 0 aromatic heterocycles. The number of aliphatic carboxylic acids is 1. The van der Waals surface area contributed by atoms with Crippen molar-refractivity contribution in [1.29, 1.82) is 0 Å². The van der Waals surface area contributed by atoms with E-state index < -0.39 is 17.9 Å². The Morgan fingerprint density at radius 3 is 2.61 bits per heavy atom. The molecule has 0 bridgehead atoms. The van der Waals surface area contributed by atoms with Crippen LogP contribution in [0.1, 0.15) is 23.2 Å². The molecular formula is C13H15NO4. The maximum Gasteiger partial charge on any atom is 0.337 e. The Hall–Kier alpha value is -2.04. The Labute approximate surface area is 105 Å². The van der Waals surface area contributed by atoms with Gasteiger partial charge in [-0.05, 0) is 25.0 Å². The summed E-state index contributed by atoms with van der Waals surface area (Å²) in [5, 5.41) is 18.2. The summed E-state index contributed by atoms with van der Waals surface area (Å²) in [4.78, 5) is 24.0. The number of rotatable bonds is 3. The number of carboxylic acids is 2. The Morgan fingerprint density at radius 1 is 1.22 bits per heavy atom. The maximum absolute atomic E-state index is 11.1. The lowest BCUT2D eigenvalue weighted by Gasteiger charge is -2.33. The zero-order valence-electron chi connectivity index (χ0n) is 9.87. The number of anilines is 1. The second kappa shape index (κ2) is 5.08. The molecule has 1 atom stereocenters. The molecule has 2 N–H and O–H groups in total. The van der Waals surface area contributed by atoms with Crippen LogP contribution in [0.25, 0.3) is 0 Å². The van der Waals surface area contributed by atoms with Gasteiger partial charge in [0.2, 0.25) is 0 Å². The van der Waals surface area contributed by atoms with Crippen LogP contribution >= 0.6 is 0 Å². The van der Waals surface area contributed by atoms with Crippen LogP contribution in [-0.2, 0) is 4.79 Å². The SMILES string of the molecule is O=C(O)c1ccccc1N1CCCC(C(=O)O)C1. The molecule has 5 nitrogen and oxygen atoms in total. The molecule has 1 aromatic carbocycles. The molecule has 0 saturated carbocycles. The van der Waals surface area contributed by atoms with Gasteiger partial charge < -0.3 is 15.1 Å². The molecule has 18 heavy (non-hydrogen) atoms. The highest BCUT2D eigenvalue weighted by Gasteiger charge is 2.27. The number of benzene rings is 1. The Balaban J connectivity index is 2.26. The van der Waals surface area contributed by atoms with Gasteiger partial charge >= 0.3 is 11.9 Å². The van der Waals surface area contributed by atoms with Crippen molar-refractivity contribution in [3.8, 4) is 0 Å². The Bertz CT molecular complexity index is 472. The van der Waals surface area contributed by atoms with Gasteiger partial charge in [-0.25, -0.2) is 4.79 Å². The van der Waals surface area contributed by atoms with E-state index in [4.69, 9.17) is 10.2 Å². The average Bonchev–Trinajstić information content (AvgIpc) is 2.39. The van der Waals surface area contributed by atoms with E-state index >= 15 is 0 Å². The standard InChI is InChI=1S/C13H15NO4/c15-12(16)9-4-3-7-14(8-9)11-6-2-1-5-10(11)13(17)18/h1-2,5-6,9H,3-4,7-8H2,(H,15,16)(H,17,18). The van der Waals surface area contributed by atoms with E-state index in [-0.39, 0.29) is 5.56 Å². The highest BCUT2D eigenvalue weighted by molar-refractivity contribution is 5.94. The van der Waals surface area contributed by atoms with Crippen LogP contribution in [0.5, 0.6) is 0 Å². The molecule has 0 aliphatic carbocycles. The maximum atomic E-state index is 11.1. The number of para-hydroxylation sites is 1. The molecule has 1 heterocycles. The Morgan fingerprint density at radius 2 is 1.94 bits per heavy atom. The summed E-state index contributed by atoms with van der Waals surface area (Å²) in [6.45, 7) is 1.08. The summed E-state index contributed by atoms with van der Waals surface area (Å²) in [6.07, 6.45) is 1.42. The van der Waals surface area contributed by atoms with Crippen molar-refractivity contribution in [3.63, 3.8) is 0 Å². The summed E-state index contributed by atoms with van der Waals surface area (Å²) >= 11 is 0. The van der Waals surface area contributed by atoms with E-state index in [1.54, 1.807) is 24.3 Å². The van der Waals surface area contributed by atoms with Crippen LogP contribution in [0, 0.1) is 5.92 Å². The molecule has 0 spiro atoms. The van der Waals surface area contributed by atoms with Crippen molar-refractivity contribution in [2.45, 2.75) is 12.8 Å². The van der Waals surface area contributed by atoms with Gasteiger partial charge in [-0.2, -0.15) is 0 Å². The van der Waals surface area contributed by atoms with Gasteiger partial charge in [-0.1, -0.05) is 12.1 Å². The van der Waals surface area contributed by atoms with Crippen molar-refractivity contribution in [3.05, 3.63) is 29.8 Å². The monoisotopic (exact) mass is 249 g/mol. The molecule has 1 saturated heterocycles. The molecule has 2 rings (SSSR count). The van der Waals surface area contributed by atoms with Gasteiger partial charge in [0.1, 0.15) is 0 Å². The van der Waals surface area contributed by atoms with Gasteiger partial charge in [-0.15, -0.1) is 0 Å². The predicted molar refractivity (Wildman–Crippen MR) is 66.0 cm³/mol. The zero-order valence-corrected chi connectivity index (χ0v) is 9.87. The first-order valence-electron chi connectivity index (χ1n) is 5.89. The second-order valence-corrected chi connectivity index (χ2v) is 4.45. The summed E-state index contributed by atoms with van der Waals surface area (Å²) in [6, 6.07) is 6.72. The predicted octanol–water partition coefficient (Wildman–Crippen LogP) is 1.69. The van der Waals surface area contributed by atoms with Gasteiger partial charge in [0, 0.05) is 13.1 Å². The quantitative estimate of drug-likeness (QED) is 0.852. The first-order valence-corrected chi connectivity index (χ1v) is 5.89. The van der Waals surface area contributed by atoms with Crippen molar-refractivity contribution < 1.29 is 19.8 Å². The second-order valence-electron chi connectivity index (χ2n) is 4.45. The fourth-order valence-electron chi connectivity index (χ4n) is 2.33. The van der Waals surface area contributed by atoms with E-state index in [9.17, 15) is 9.59 Å². The molecule has 0 radical (unpaired) electrons. The van der Waals surface area contributed by atoms with Crippen LogP contribution in [0.2, 0.25) is 0 Å². The minimum Gasteiger partial charge on any atom is -0.481 e. The number of hydrogen-bond donors (Lipinski definition) is 2. The summed E-state index contributed by atoms with van der Waals surface area (Å²) in [7, 11) is 0. The van der Waals surface area contributed by atoms with E-state index in [2.05, 4.69) is 0 Å². The normalized spacial score (nSPS) is 19.6. The molecule has 1 aliphatic heterocycles. The fraction of sp³-hybridized carbons (Fsp3) is 0.385. The van der Waals surface area contributed by atoms with Crippen LogP contribution in [0.3, 0.4) is 0 Å². The zero-order chi connectivity index (χ0) is 13.1. The van der Waals surface area contributed by atoms with Crippen molar-refractivity contribution in [2.75, 3.05) is 18.0 Å². The van der Waals surface area contributed by atoms with Gasteiger partial charge in [0.15, 0.2) is 0 Å². The van der Waals surface area contributed by atoms with Crippen molar-refractivity contribution >= 4 is 17.6 Å². The smallest absolute Gasteiger partial charge is 0.337 e. The molecule has 96 valence electrons. The summed E-state index contributed by atoms with van der Waals surface area (Å²) in [5.74, 6) is -2.21. The number of nitrogens with zero attached hydrogens (tertiary/aromatic N) is 1. The average molecular weight is 249 g/mol. The number of carbonyl (C=O) groups is 2. The van der Waals surface area contributed by atoms with E-state index in [0.717, 1.165) is 6.42 Å². The van der Waals surface area contributed by atoms with Crippen LogP contribution in [0.4, 0.5) is 5.69 Å². The van der Waals surface area contributed by atoms with Gasteiger partial charge in [0.05, 0.1) is 17.2 Å². The molecule has 0 amide bonds. The van der Waals surface area contributed by atoms with Gasteiger partial charge in [-0.3, -0.25) is 4.79 Å². The van der Waals surface area contributed by atoms with Crippen LogP contribution in [0.15, 0.2) is 24.3 Å².